The van der Waals surface area contributed by atoms with E-state index in [9.17, 15) is 8.42 Å². The molecular weight excluding hydrogens is 290 g/mol. The van der Waals surface area contributed by atoms with Gasteiger partial charge in [0.05, 0.1) is 6.61 Å². The first kappa shape index (κ1) is 15.1. The number of hydrogen-bond acceptors (Lipinski definition) is 5. The number of anilines is 2. The van der Waals surface area contributed by atoms with Crippen LogP contribution in [0, 0.1) is 6.92 Å². The van der Waals surface area contributed by atoms with Crippen molar-refractivity contribution in [1.29, 1.82) is 0 Å². The summed E-state index contributed by atoms with van der Waals surface area (Å²) in [5.74, 6) is 0.506. The van der Waals surface area contributed by atoms with Crippen molar-refractivity contribution in [2.75, 3.05) is 17.1 Å². The highest BCUT2D eigenvalue weighted by molar-refractivity contribution is 7.92. The van der Waals surface area contributed by atoms with Gasteiger partial charge in [0.1, 0.15) is 16.5 Å². The molecule has 2 aromatic rings. The summed E-state index contributed by atoms with van der Waals surface area (Å²) in [6, 6.07) is 9.58. The lowest BCUT2D eigenvalue weighted by atomic mass is 10.3. The number of sulfonamides is 1. The Morgan fingerprint density at radius 2 is 2.05 bits per heavy atom. The molecule has 0 fully saturated rings. The molecule has 0 aliphatic heterocycles. The molecule has 0 unspecified atom stereocenters. The highest BCUT2D eigenvalue weighted by Gasteiger charge is 2.20. The molecule has 1 aromatic heterocycles. The Hall–Kier alpha value is -2.28. The third-order valence-corrected chi connectivity index (χ3v) is 4.06. The van der Waals surface area contributed by atoms with E-state index in [-0.39, 0.29) is 16.5 Å². The number of hydrogen-bond donors (Lipinski definition) is 2. The van der Waals surface area contributed by atoms with Crippen molar-refractivity contribution in [2.45, 2.75) is 18.7 Å². The smallest absolute Gasteiger partial charge is 0.266 e. The number of rotatable bonds is 5. The summed E-state index contributed by atoms with van der Waals surface area (Å²) in [6.07, 6.45) is 0. The number of nitrogen functional groups attached to an aromatic ring is 1. The molecule has 0 saturated heterocycles. The lowest BCUT2D eigenvalue weighted by molar-refractivity contribution is 0.331. The van der Waals surface area contributed by atoms with E-state index < -0.39 is 10.0 Å². The number of nitrogens with one attached hydrogen (secondary N) is 1. The maximum Gasteiger partial charge on any atom is 0.266 e. The first-order valence-corrected chi connectivity index (χ1v) is 7.89. The van der Waals surface area contributed by atoms with Crippen LogP contribution in [0.5, 0.6) is 5.75 Å². The highest BCUT2D eigenvalue weighted by Crippen LogP contribution is 2.27. The van der Waals surface area contributed by atoms with Gasteiger partial charge in [-0.1, -0.05) is 6.07 Å². The minimum atomic E-state index is -3.82. The number of benzene rings is 1. The molecule has 0 amide bonds. The summed E-state index contributed by atoms with van der Waals surface area (Å²) in [5.41, 5.74) is 6.73. The Labute approximate surface area is 124 Å². The van der Waals surface area contributed by atoms with Gasteiger partial charge in [0.2, 0.25) is 0 Å². The first-order valence-electron chi connectivity index (χ1n) is 6.41. The van der Waals surface area contributed by atoms with E-state index in [0.29, 0.717) is 18.0 Å². The lowest BCUT2D eigenvalue weighted by Gasteiger charge is -2.13. The van der Waals surface area contributed by atoms with Crippen molar-refractivity contribution in [3.8, 4) is 5.75 Å². The van der Waals surface area contributed by atoms with Crippen molar-refractivity contribution < 1.29 is 13.2 Å². The zero-order chi connectivity index (χ0) is 15.5. The Kier molecular flexibility index (Phi) is 4.32. The van der Waals surface area contributed by atoms with Gasteiger partial charge in [-0.2, -0.15) is 0 Å². The molecule has 3 N–H and O–H groups in total. The van der Waals surface area contributed by atoms with Gasteiger partial charge in [-0.15, -0.1) is 0 Å². The van der Waals surface area contributed by atoms with E-state index in [4.69, 9.17) is 10.5 Å². The summed E-state index contributed by atoms with van der Waals surface area (Å²) in [5, 5.41) is 0. The minimum Gasteiger partial charge on any atom is -0.492 e. The van der Waals surface area contributed by atoms with Crippen molar-refractivity contribution >= 4 is 21.5 Å². The second-order valence-electron chi connectivity index (χ2n) is 4.41. The topological polar surface area (TPSA) is 94.3 Å². The maximum absolute atomic E-state index is 12.5. The number of pyridine rings is 1. The Morgan fingerprint density at radius 1 is 1.29 bits per heavy atom. The highest BCUT2D eigenvalue weighted by atomic mass is 32.2. The fourth-order valence-corrected chi connectivity index (χ4v) is 2.98. The van der Waals surface area contributed by atoms with Crippen LogP contribution in [0.4, 0.5) is 11.5 Å². The predicted molar refractivity (Wildman–Crippen MR) is 81.8 cm³/mol. The van der Waals surface area contributed by atoms with E-state index in [1.165, 1.54) is 12.1 Å². The number of aryl methyl sites for hydroxylation is 1. The Bertz CT molecular complexity index is 745. The quantitative estimate of drug-likeness (QED) is 0.826. The van der Waals surface area contributed by atoms with Crippen LogP contribution in [0.1, 0.15) is 12.6 Å². The molecule has 112 valence electrons. The normalized spacial score (nSPS) is 11.1. The maximum atomic E-state index is 12.5. The predicted octanol–water partition coefficient (Wildman–Crippen LogP) is 2.17. The third-order valence-electron chi connectivity index (χ3n) is 2.68. The molecular formula is C14H17N3O3S. The van der Waals surface area contributed by atoms with Gasteiger partial charge in [-0.3, -0.25) is 4.72 Å². The minimum absolute atomic E-state index is 0.00680. The molecule has 0 aliphatic carbocycles. The zero-order valence-corrected chi connectivity index (χ0v) is 12.6. The average Bonchev–Trinajstić information content (AvgIpc) is 2.40. The molecule has 0 aliphatic rings. The third kappa shape index (κ3) is 3.63. The van der Waals surface area contributed by atoms with E-state index >= 15 is 0 Å². The molecule has 1 heterocycles. The van der Waals surface area contributed by atoms with Crippen LogP contribution in [0.15, 0.2) is 41.3 Å². The van der Waals surface area contributed by atoms with Crippen molar-refractivity contribution in [1.82, 2.24) is 4.98 Å². The Balaban J connectivity index is 2.41. The number of nitrogens with two attached hydrogens (primary N) is 1. The van der Waals surface area contributed by atoms with Gasteiger partial charge >= 0.3 is 0 Å². The molecule has 0 bridgehead atoms. The van der Waals surface area contributed by atoms with Gasteiger partial charge in [-0.05, 0) is 44.2 Å². The van der Waals surface area contributed by atoms with Gasteiger partial charge < -0.3 is 10.5 Å². The fraction of sp³-hybridized carbons (Fsp3) is 0.214. The molecule has 21 heavy (non-hydrogen) atoms. The van der Waals surface area contributed by atoms with E-state index in [2.05, 4.69) is 9.71 Å². The number of ether oxygens (including phenoxy) is 1. The average molecular weight is 307 g/mol. The molecule has 7 heteroatoms. The van der Waals surface area contributed by atoms with E-state index in [1.54, 1.807) is 38.1 Å². The van der Waals surface area contributed by atoms with Crippen molar-refractivity contribution in [3.05, 3.63) is 42.1 Å². The summed E-state index contributed by atoms with van der Waals surface area (Å²) >= 11 is 0. The number of nitrogens with zero attached hydrogens (tertiary/aromatic N) is 1. The summed E-state index contributed by atoms with van der Waals surface area (Å²) < 4.78 is 32.7. The van der Waals surface area contributed by atoms with Crippen LogP contribution < -0.4 is 15.2 Å². The van der Waals surface area contributed by atoms with Crippen LogP contribution in [-0.4, -0.2) is 20.0 Å². The van der Waals surface area contributed by atoms with Gasteiger partial charge in [0, 0.05) is 11.4 Å². The second-order valence-corrected chi connectivity index (χ2v) is 6.06. The fourth-order valence-electron chi connectivity index (χ4n) is 1.80. The van der Waals surface area contributed by atoms with E-state index in [1.807, 2.05) is 0 Å². The summed E-state index contributed by atoms with van der Waals surface area (Å²) in [4.78, 5) is 4.11. The first-order chi connectivity index (χ1) is 9.92. The van der Waals surface area contributed by atoms with Crippen LogP contribution in [0.25, 0.3) is 0 Å². The lowest BCUT2D eigenvalue weighted by Crippen LogP contribution is -2.16. The zero-order valence-electron chi connectivity index (χ0n) is 11.8. The largest absolute Gasteiger partial charge is 0.492 e. The van der Waals surface area contributed by atoms with Gasteiger partial charge in [-0.25, -0.2) is 13.4 Å². The van der Waals surface area contributed by atoms with Crippen LogP contribution in [0.2, 0.25) is 0 Å². The van der Waals surface area contributed by atoms with Crippen LogP contribution in [-0.2, 0) is 10.0 Å². The standard InChI is InChI=1S/C14H17N3O3S/c1-3-20-12-8-7-11(15)9-13(12)21(18,19)17-14-6-4-5-10(2)16-14/h4-9H,3,15H2,1-2H3,(H,16,17). The summed E-state index contributed by atoms with van der Waals surface area (Å²) in [7, 11) is -3.82. The second kappa shape index (κ2) is 6.01. The molecule has 0 radical (unpaired) electrons. The molecule has 1 aromatic carbocycles. The van der Waals surface area contributed by atoms with Crippen molar-refractivity contribution in [3.63, 3.8) is 0 Å². The SMILES string of the molecule is CCOc1ccc(N)cc1S(=O)(=O)Nc1cccc(C)n1. The van der Waals surface area contributed by atoms with Gasteiger partial charge in [0.15, 0.2) is 0 Å². The molecule has 0 atom stereocenters. The van der Waals surface area contributed by atoms with E-state index in [0.717, 1.165) is 0 Å². The van der Waals surface area contributed by atoms with Crippen molar-refractivity contribution in [2.24, 2.45) is 0 Å². The van der Waals surface area contributed by atoms with Gasteiger partial charge in [0.25, 0.3) is 10.0 Å². The molecule has 0 saturated carbocycles. The molecule has 6 nitrogen and oxygen atoms in total. The van der Waals surface area contributed by atoms with Crippen LogP contribution >= 0.6 is 0 Å². The molecule has 0 spiro atoms. The summed E-state index contributed by atoms with van der Waals surface area (Å²) in [6.45, 7) is 3.92. The molecule has 2 rings (SSSR count). The monoisotopic (exact) mass is 307 g/mol. The Morgan fingerprint density at radius 3 is 2.71 bits per heavy atom. The van der Waals surface area contributed by atoms with Crippen LogP contribution in [0.3, 0.4) is 0 Å². The number of aromatic nitrogens is 1.